The van der Waals surface area contributed by atoms with Crippen molar-refractivity contribution >= 4 is 22.4 Å². The number of benzene rings is 1. The van der Waals surface area contributed by atoms with Crippen LogP contribution in [-0.4, -0.2) is 43.6 Å². The van der Waals surface area contributed by atoms with E-state index in [9.17, 15) is 4.79 Å². The third-order valence-corrected chi connectivity index (χ3v) is 7.41. The molecule has 2 N–H and O–H groups in total. The molecule has 7 heteroatoms. The largest absolute Gasteiger partial charge is 0.354 e. The number of hydrogen-bond donors (Lipinski definition) is 2. The van der Waals surface area contributed by atoms with Crippen LogP contribution in [0.4, 0.5) is 0 Å². The maximum absolute atomic E-state index is 13.8. The Morgan fingerprint density at radius 3 is 2.78 bits per heavy atom. The lowest BCUT2D eigenvalue weighted by Gasteiger charge is -2.18. The summed E-state index contributed by atoms with van der Waals surface area (Å²) < 4.78 is 1.99. The monoisotopic (exact) mass is 480 g/mol. The van der Waals surface area contributed by atoms with Crippen molar-refractivity contribution in [1.29, 1.82) is 0 Å². The molecule has 2 aliphatic rings. The minimum Gasteiger partial charge on any atom is -0.354 e. The highest BCUT2D eigenvalue weighted by molar-refractivity contribution is 6.05. The van der Waals surface area contributed by atoms with E-state index < -0.39 is 0 Å². The van der Waals surface area contributed by atoms with Crippen LogP contribution in [0.2, 0.25) is 0 Å². The molecule has 5 heterocycles. The SMILES string of the molecule is CCc1nc(C)ccc1-c1cc(C(=O)N2Cc3cnn(CC)c3C2)cc2cc(C3=CCCNC3)[nH]c12. The molecule has 36 heavy (non-hydrogen) atoms. The van der Waals surface area contributed by atoms with Crippen molar-refractivity contribution in [2.45, 2.75) is 53.2 Å². The molecule has 0 saturated carbocycles. The van der Waals surface area contributed by atoms with Gasteiger partial charge >= 0.3 is 0 Å². The summed E-state index contributed by atoms with van der Waals surface area (Å²) >= 11 is 0. The van der Waals surface area contributed by atoms with Crippen LogP contribution < -0.4 is 5.32 Å². The van der Waals surface area contributed by atoms with E-state index >= 15 is 0 Å². The molecule has 184 valence electrons. The molecular weight excluding hydrogens is 448 g/mol. The summed E-state index contributed by atoms with van der Waals surface area (Å²) in [6.45, 7) is 10.1. The predicted octanol–water partition coefficient (Wildman–Crippen LogP) is 4.85. The van der Waals surface area contributed by atoms with Crippen LogP contribution in [0.5, 0.6) is 0 Å². The predicted molar refractivity (Wildman–Crippen MR) is 143 cm³/mol. The summed E-state index contributed by atoms with van der Waals surface area (Å²) in [5.41, 5.74) is 10.6. The van der Waals surface area contributed by atoms with Crippen molar-refractivity contribution in [1.82, 2.24) is 30.0 Å². The fourth-order valence-corrected chi connectivity index (χ4v) is 5.53. The number of aromatic amines is 1. The summed E-state index contributed by atoms with van der Waals surface area (Å²) in [5, 5.41) is 8.96. The van der Waals surface area contributed by atoms with Gasteiger partial charge in [-0.05, 0) is 63.1 Å². The second-order valence-electron chi connectivity index (χ2n) is 9.76. The molecular formula is C29H32N6O. The Balaban J connectivity index is 1.46. The highest BCUT2D eigenvalue weighted by Crippen LogP contribution is 2.35. The molecule has 0 saturated heterocycles. The van der Waals surface area contributed by atoms with E-state index in [1.54, 1.807) is 0 Å². The van der Waals surface area contributed by atoms with Gasteiger partial charge in [0, 0.05) is 64.4 Å². The number of nitrogens with one attached hydrogen (secondary N) is 2. The first kappa shape index (κ1) is 22.7. The number of nitrogens with zero attached hydrogens (tertiary/aromatic N) is 4. The Kier molecular flexibility index (Phi) is 5.72. The average Bonchev–Trinajstić information content (AvgIpc) is 3.62. The van der Waals surface area contributed by atoms with Gasteiger partial charge in [0.25, 0.3) is 5.91 Å². The maximum Gasteiger partial charge on any atom is 0.254 e. The van der Waals surface area contributed by atoms with Gasteiger partial charge in [0.1, 0.15) is 0 Å². The molecule has 2 aliphatic heterocycles. The molecule has 4 aromatic rings. The second-order valence-corrected chi connectivity index (χ2v) is 9.76. The summed E-state index contributed by atoms with van der Waals surface area (Å²) in [5.74, 6) is 0.0522. The first-order chi connectivity index (χ1) is 17.6. The van der Waals surface area contributed by atoms with Crippen molar-refractivity contribution in [3.05, 3.63) is 76.5 Å². The summed E-state index contributed by atoms with van der Waals surface area (Å²) in [6.07, 6.45) is 6.05. The molecule has 6 rings (SSSR count). The topological polar surface area (TPSA) is 78.8 Å². The third kappa shape index (κ3) is 3.84. The molecule has 0 atom stereocenters. The van der Waals surface area contributed by atoms with Gasteiger partial charge in [-0.2, -0.15) is 5.10 Å². The number of rotatable bonds is 5. The highest BCUT2D eigenvalue weighted by Gasteiger charge is 2.28. The van der Waals surface area contributed by atoms with Gasteiger partial charge < -0.3 is 15.2 Å². The lowest BCUT2D eigenvalue weighted by Crippen LogP contribution is -2.26. The van der Waals surface area contributed by atoms with Crippen molar-refractivity contribution in [2.75, 3.05) is 13.1 Å². The van der Waals surface area contributed by atoms with Gasteiger partial charge in [0.2, 0.25) is 0 Å². The van der Waals surface area contributed by atoms with Crippen molar-refractivity contribution in [3.8, 4) is 11.1 Å². The van der Waals surface area contributed by atoms with Gasteiger partial charge in [0.05, 0.1) is 24.0 Å². The van der Waals surface area contributed by atoms with Gasteiger partial charge in [-0.25, -0.2) is 0 Å². The summed E-state index contributed by atoms with van der Waals surface area (Å²) in [4.78, 5) is 24.2. The number of amides is 1. The summed E-state index contributed by atoms with van der Waals surface area (Å²) in [6, 6.07) is 10.5. The molecule has 0 radical (unpaired) electrons. The van der Waals surface area contributed by atoms with E-state index in [0.717, 1.165) is 82.8 Å². The Bertz CT molecular complexity index is 1510. The molecule has 0 aliphatic carbocycles. The number of hydrogen-bond acceptors (Lipinski definition) is 4. The molecule has 0 unspecified atom stereocenters. The molecule has 7 nitrogen and oxygen atoms in total. The van der Waals surface area contributed by atoms with E-state index in [1.165, 1.54) is 5.57 Å². The molecule has 1 aromatic carbocycles. The molecule has 0 fully saturated rings. The third-order valence-electron chi connectivity index (χ3n) is 7.41. The fraction of sp³-hybridized carbons (Fsp3) is 0.345. The van der Waals surface area contributed by atoms with E-state index in [2.05, 4.69) is 59.6 Å². The van der Waals surface area contributed by atoms with Crippen molar-refractivity contribution in [2.24, 2.45) is 0 Å². The Labute approximate surface area is 211 Å². The molecule has 0 spiro atoms. The number of aryl methyl sites for hydroxylation is 3. The minimum atomic E-state index is 0.0522. The number of fused-ring (bicyclic) bond motifs is 2. The van der Waals surface area contributed by atoms with Gasteiger partial charge in [-0.15, -0.1) is 0 Å². The molecule has 0 bridgehead atoms. The van der Waals surface area contributed by atoms with E-state index in [0.29, 0.717) is 18.7 Å². The summed E-state index contributed by atoms with van der Waals surface area (Å²) in [7, 11) is 0. The van der Waals surface area contributed by atoms with Gasteiger partial charge in [0.15, 0.2) is 0 Å². The normalized spacial score (nSPS) is 15.4. The van der Waals surface area contributed by atoms with Gasteiger partial charge in [-0.3, -0.25) is 14.5 Å². The number of carbonyl (C=O) groups excluding carboxylic acids is 1. The van der Waals surface area contributed by atoms with Crippen molar-refractivity contribution < 1.29 is 4.79 Å². The average molecular weight is 481 g/mol. The van der Waals surface area contributed by atoms with Crippen molar-refractivity contribution in [3.63, 3.8) is 0 Å². The van der Waals surface area contributed by atoms with Gasteiger partial charge in [-0.1, -0.05) is 19.1 Å². The van der Waals surface area contributed by atoms with E-state index in [4.69, 9.17) is 4.98 Å². The standard InChI is InChI=1S/C29H32N6O/c1-4-25-23(9-8-18(3)32-25)24-12-21(29(36)34-16-22-15-31-35(5-2)27(22)17-34)11-20-13-26(33-28(20)24)19-7-6-10-30-14-19/h7-9,11-13,15,30,33H,4-6,10,14,16-17H2,1-3H3. The van der Waals surface area contributed by atoms with Crippen LogP contribution in [0.25, 0.3) is 27.6 Å². The highest BCUT2D eigenvalue weighted by atomic mass is 16.2. The Morgan fingerprint density at radius 1 is 1.11 bits per heavy atom. The zero-order valence-electron chi connectivity index (χ0n) is 21.2. The van der Waals surface area contributed by atoms with Crippen LogP contribution >= 0.6 is 0 Å². The zero-order valence-corrected chi connectivity index (χ0v) is 21.2. The number of pyridine rings is 1. The van der Waals surface area contributed by atoms with E-state index in [-0.39, 0.29) is 5.91 Å². The lowest BCUT2D eigenvalue weighted by atomic mass is 9.97. The van der Waals surface area contributed by atoms with Crippen LogP contribution in [0.1, 0.15) is 59.0 Å². The van der Waals surface area contributed by atoms with Crippen LogP contribution in [0, 0.1) is 6.92 Å². The number of H-pyrrole nitrogens is 1. The molecule has 1 amide bonds. The van der Waals surface area contributed by atoms with Crippen LogP contribution in [0.15, 0.2) is 42.6 Å². The fourth-order valence-electron chi connectivity index (χ4n) is 5.53. The second kappa shape index (κ2) is 9.06. The smallest absolute Gasteiger partial charge is 0.254 e. The van der Waals surface area contributed by atoms with Crippen LogP contribution in [-0.2, 0) is 26.1 Å². The zero-order chi connectivity index (χ0) is 24.8. The first-order valence-electron chi connectivity index (χ1n) is 12.9. The molecule has 3 aromatic heterocycles. The quantitative estimate of drug-likeness (QED) is 0.428. The first-order valence-corrected chi connectivity index (χ1v) is 12.9. The number of aromatic nitrogens is 4. The maximum atomic E-state index is 13.8. The Hall–Kier alpha value is -3.71. The van der Waals surface area contributed by atoms with Crippen LogP contribution in [0.3, 0.4) is 0 Å². The Morgan fingerprint density at radius 2 is 2.00 bits per heavy atom. The lowest BCUT2D eigenvalue weighted by molar-refractivity contribution is 0.0748. The minimum absolute atomic E-state index is 0.0522. The number of carbonyl (C=O) groups is 1. The van der Waals surface area contributed by atoms with E-state index in [1.807, 2.05) is 28.8 Å².